The van der Waals surface area contributed by atoms with Crippen LogP contribution in [-0.4, -0.2) is 18.6 Å². The summed E-state index contributed by atoms with van der Waals surface area (Å²) < 4.78 is 45.6. The van der Waals surface area contributed by atoms with Crippen LogP contribution in [0.4, 0.5) is 17.6 Å². The van der Waals surface area contributed by atoms with Crippen LogP contribution in [0.15, 0.2) is 0 Å². The molecule has 0 rings (SSSR count). The summed E-state index contributed by atoms with van der Waals surface area (Å²) in [5, 5.41) is 0. The molecule has 66 valence electrons. The van der Waals surface area contributed by atoms with E-state index < -0.39 is 37.9 Å². The third kappa shape index (κ3) is 7.29. The van der Waals surface area contributed by atoms with E-state index in [0.29, 0.717) is 0 Å². The van der Waals surface area contributed by atoms with Crippen LogP contribution in [-0.2, 0) is 4.79 Å². The Morgan fingerprint density at radius 3 is 2.00 bits per heavy atom. The average Bonchev–Trinajstić information content (AvgIpc) is 1.82. The van der Waals surface area contributed by atoms with Crippen LogP contribution >= 0.6 is 0 Å². The molecule has 11 heavy (non-hydrogen) atoms. The summed E-state index contributed by atoms with van der Waals surface area (Å²) in [6, 6.07) is 0. The number of rotatable bonds is 5. The van der Waals surface area contributed by atoms with Gasteiger partial charge in [-0.1, -0.05) is 0 Å². The van der Waals surface area contributed by atoms with Gasteiger partial charge >= 0.3 is 0 Å². The lowest BCUT2D eigenvalue weighted by Gasteiger charge is -1.98. The lowest BCUT2D eigenvalue weighted by Crippen LogP contribution is -2.06. The van der Waals surface area contributed by atoms with Crippen LogP contribution in [0, 0.1) is 0 Å². The number of hydrogen-bond donors (Lipinski definition) is 0. The first-order valence-corrected chi connectivity index (χ1v) is 3.10. The Bertz CT molecular complexity index is 124. The molecule has 0 spiro atoms. The van der Waals surface area contributed by atoms with Gasteiger partial charge in [0.15, 0.2) is 0 Å². The lowest BCUT2D eigenvalue weighted by atomic mass is 10.2. The van der Waals surface area contributed by atoms with Gasteiger partial charge in [-0.05, 0) is 0 Å². The Morgan fingerprint density at radius 2 is 1.64 bits per heavy atom. The fourth-order valence-corrected chi connectivity index (χ4v) is 0.544. The molecule has 0 amide bonds. The van der Waals surface area contributed by atoms with Gasteiger partial charge in [0.1, 0.15) is 5.78 Å². The molecule has 0 fully saturated rings. The minimum atomic E-state index is -2.72. The molecule has 0 heterocycles. The van der Waals surface area contributed by atoms with Crippen molar-refractivity contribution in [1.82, 2.24) is 0 Å². The first-order valence-electron chi connectivity index (χ1n) is 3.10. The van der Waals surface area contributed by atoms with Crippen molar-refractivity contribution in [3.05, 3.63) is 0 Å². The number of Topliss-reactive ketones (excluding diaryl/α,β-unsaturated/α-hetero) is 1. The number of halogens is 4. The summed E-state index contributed by atoms with van der Waals surface area (Å²) in [5.74, 6) is -0.805. The van der Waals surface area contributed by atoms with E-state index in [2.05, 4.69) is 0 Å². The van der Waals surface area contributed by atoms with E-state index in [1.165, 1.54) is 0 Å². The van der Waals surface area contributed by atoms with Crippen LogP contribution in [0.3, 0.4) is 0 Å². The SMILES string of the molecule is O=C(CCC(F)F)CC(F)F. The molecule has 0 saturated heterocycles. The van der Waals surface area contributed by atoms with E-state index in [9.17, 15) is 22.4 Å². The van der Waals surface area contributed by atoms with Crippen molar-refractivity contribution in [2.24, 2.45) is 0 Å². The van der Waals surface area contributed by atoms with Gasteiger partial charge in [0.05, 0.1) is 6.42 Å². The van der Waals surface area contributed by atoms with Crippen LogP contribution in [0.5, 0.6) is 0 Å². The predicted molar refractivity (Wildman–Crippen MR) is 30.9 cm³/mol. The zero-order valence-electron chi connectivity index (χ0n) is 5.70. The quantitative estimate of drug-likeness (QED) is 0.581. The maximum absolute atomic E-state index is 11.4. The molecule has 0 aliphatic carbocycles. The first-order chi connectivity index (χ1) is 5.02. The number of carbonyl (C=O) groups excluding carboxylic acids is 1. The normalized spacial score (nSPS) is 11.1. The lowest BCUT2D eigenvalue weighted by molar-refractivity contribution is -0.122. The molecule has 5 heteroatoms. The molecule has 0 N–H and O–H groups in total. The molecule has 0 aromatic rings. The molecule has 0 atom stereocenters. The molecule has 1 nitrogen and oxygen atoms in total. The van der Waals surface area contributed by atoms with Crippen molar-refractivity contribution in [2.45, 2.75) is 32.1 Å². The Balaban J connectivity index is 3.38. The highest BCUT2D eigenvalue weighted by Crippen LogP contribution is 2.08. The molecule has 0 saturated carbocycles. The molecule has 0 aliphatic heterocycles. The minimum Gasteiger partial charge on any atom is -0.299 e. The summed E-state index contributed by atoms with van der Waals surface area (Å²) in [6.45, 7) is 0. The molecule has 0 aliphatic rings. The monoisotopic (exact) mass is 172 g/mol. The summed E-state index contributed by atoms with van der Waals surface area (Å²) in [4.78, 5) is 10.3. The summed E-state index contributed by atoms with van der Waals surface area (Å²) in [5.41, 5.74) is 0. The van der Waals surface area contributed by atoms with Gasteiger partial charge in [0.25, 0.3) is 0 Å². The standard InChI is InChI=1S/C6H8F4O/c7-5(8)2-1-4(11)3-6(9)10/h5-6H,1-3H2. The van der Waals surface area contributed by atoms with Gasteiger partial charge in [-0.3, -0.25) is 4.79 Å². The van der Waals surface area contributed by atoms with Crippen LogP contribution in [0.25, 0.3) is 0 Å². The van der Waals surface area contributed by atoms with Gasteiger partial charge in [-0.2, -0.15) is 0 Å². The summed E-state index contributed by atoms with van der Waals surface area (Å²) >= 11 is 0. The van der Waals surface area contributed by atoms with E-state index in [1.807, 2.05) is 0 Å². The molecule has 0 bridgehead atoms. The second kappa shape index (κ2) is 5.09. The number of hydrogen-bond acceptors (Lipinski definition) is 1. The van der Waals surface area contributed by atoms with Crippen molar-refractivity contribution >= 4 is 5.78 Å². The highest BCUT2D eigenvalue weighted by Gasteiger charge is 2.12. The van der Waals surface area contributed by atoms with Gasteiger partial charge in [-0.15, -0.1) is 0 Å². The fraction of sp³-hybridized carbons (Fsp3) is 0.833. The predicted octanol–water partition coefficient (Wildman–Crippen LogP) is 2.26. The van der Waals surface area contributed by atoms with Crippen molar-refractivity contribution in [2.75, 3.05) is 0 Å². The van der Waals surface area contributed by atoms with E-state index in [0.717, 1.165) is 0 Å². The zero-order chi connectivity index (χ0) is 8.85. The van der Waals surface area contributed by atoms with Crippen molar-refractivity contribution in [1.29, 1.82) is 0 Å². The maximum Gasteiger partial charge on any atom is 0.245 e. The smallest absolute Gasteiger partial charge is 0.245 e. The van der Waals surface area contributed by atoms with Gasteiger partial charge < -0.3 is 0 Å². The second-order valence-corrected chi connectivity index (χ2v) is 2.06. The van der Waals surface area contributed by atoms with Gasteiger partial charge in [-0.25, -0.2) is 17.6 Å². The molecule has 0 aromatic carbocycles. The van der Waals surface area contributed by atoms with E-state index in [4.69, 9.17) is 0 Å². The van der Waals surface area contributed by atoms with Crippen LogP contribution in [0.2, 0.25) is 0 Å². The molecule has 0 unspecified atom stereocenters. The van der Waals surface area contributed by atoms with E-state index in [-0.39, 0.29) is 0 Å². The highest BCUT2D eigenvalue weighted by atomic mass is 19.3. The Kier molecular flexibility index (Phi) is 4.81. The van der Waals surface area contributed by atoms with Crippen molar-refractivity contribution in [3.8, 4) is 0 Å². The maximum atomic E-state index is 11.4. The molecular weight excluding hydrogens is 164 g/mol. The van der Waals surface area contributed by atoms with Crippen molar-refractivity contribution in [3.63, 3.8) is 0 Å². The fourth-order valence-electron chi connectivity index (χ4n) is 0.544. The number of alkyl halides is 4. The number of carbonyl (C=O) groups is 1. The molecule has 0 radical (unpaired) electrons. The van der Waals surface area contributed by atoms with Crippen LogP contribution < -0.4 is 0 Å². The Hall–Kier alpha value is -0.610. The second-order valence-electron chi connectivity index (χ2n) is 2.06. The molecule has 0 aromatic heterocycles. The molecular formula is C6H8F4O. The first kappa shape index (κ1) is 10.4. The Labute approximate surface area is 61.4 Å². The van der Waals surface area contributed by atoms with Crippen LogP contribution in [0.1, 0.15) is 19.3 Å². The zero-order valence-corrected chi connectivity index (χ0v) is 5.70. The van der Waals surface area contributed by atoms with Gasteiger partial charge in [0, 0.05) is 12.8 Å². The largest absolute Gasteiger partial charge is 0.299 e. The highest BCUT2D eigenvalue weighted by molar-refractivity contribution is 5.78. The summed E-state index contributed by atoms with van der Waals surface area (Å²) in [6.07, 6.45) is -7.29. The topological polar surface area (TPSA) is 17.1 Å². The minimum absolute atomic E-state index is 0.456. The average molecular weight is 172 g/mol. The third-order valence-electron chi connectivity index (χ3n) is 1.02. The third-order valence-corrected chi connectivity index (χ3v) is 1.02. The van der Waals surface area contributed by atoms with E-state index in [1.54, 1.807) is 0 Å². The van der Waals surface area contributed by atoms with E-state index >= 15 is 0 Å². The Morgan fingerprint density at radius 1 is 1.09 bits per heavy atom. The summed E-state index contributed by atoms with van der Waals surface area (Å²) in [7, 11) is 0. The number of ketones is 1. The van der Waals surface area contributed by atoms with Gasteiger partial charge in [0.2, 0.25) is 12.9 Å². The van der Waals surface area contributed by atoms with Crippen molar-refractivity contribution < 1.29 is 22.4 Å².